The number of hydrogen-bond acceptors (Lipinski definition) is 4. The zero-order valence-corrected chi connectivity index (χ0v) is 19.9. The first-order valence-electron chi connectivity index (χ1n) is 10.7. The molecule has 3 rings (SSSR count). The van der Waals surface area contributed by atoms with Crippen molar-refractivity contribution < 1.29 is 17.9 Å². The first-order valence-corrected chi connectivity index (χ1v) is 12.2. The molecular formula is C24H32N2O4S. The summed E-state index contributed by atoms with van der Waals surface area (Å²) in [7, 11) is -3.62. The van der Waals surface area contributed by atoms with E-state index in [0.29, 0.717) is 23.7 Å². The van der Waals surface area contributed by atoms with E-state index in [4.69, 9.17) is 4.74 Å². The van der Waals surface area contributed by atoms with Gasteiger partial charge in [-0.1, -0.05) is 25.1 Å². The predicted octanol–water partition coefficient (Wildman–Crippen LogP) is 3.39. The lowest BCUT2D eigenvalue weighted by Crippen LogP contribution is -2.51. The lowest BCUT2D eigenvalue weighted by atomic mass is 10.0. The summed E-state index contributed by atoms with van der Waals surface area (Å²) in [6, 6.07) is 9.74. The second-order valence-corrected chi connectivity index (χ2v) is 10.0. The Morgan fingerprint density at radius 3 is 2.16 bits per heavy atom. The Morgan fingerprint density at radius 2 is 1.58 bits per heavy atom. The van der Waals surface area contributed by atoms with Crippen molar-refractivity contribution in [2.45, 2.75) is 45.9 Å². The lowest BCUT2D eigenvalue weighted by molar-refractivity contribution is -0.134. The number of sulfonamides is 1. The molecule has 7 heteroatoms. The molecule has 0 saturated carbocycles. The van der Waals surface area contributed by atoms with Gasteiger partial charge in [-0.25, -0.2) is 8.42 Å². The fourth-order valence-electron chi connectivity index (χ4n) is 3.97. The first kappa shape index (κ1) is 23.3. The van der Waals surface area contributed by atoms with Gasteiger partial charge in [-0.3, -0.25) is 4.79 Å². The van der Waals surface area contributed by atoms with Crippen molar-refractivity contribution in [2.24, 2.45) is 0 Å². The van der Waals surface area contributed by atoms with Crippen molar-refractivity contribution in [3.63, 3.8) is 0 Å². The maximum atomic E-state index is 13.4. The van der Waals surface area contributed by atoms with Crippen LogP contribution in [0.1, 0.15) is 34.7 Å². The smallest absolute Gasteiger partial charge is 0.260 e. The summed E-state index contributed by atoms with van der Waals surface area (Å²) in [6.45, 7) is 10.9. The highest BCUT2D eigenvalue weighted by molar-refractivity contribution is 7.89. The van der Waals surface area contributed by atoms with Gasteiger partial charge in [0.25, 0.3) is 5.91 Å². The number of benzene rings is 2. The standard InChI is InChI=1S/C24H32N2O4S/c1-6-21-8-7-9-22(15-21)30-16-23(27)25-10-12-26(13-11-25)31(28,29)24-19(4)17(2)14-18(3)20(24)5/h7-9,14-15H,6,10-13,16H2,1-5H3. The zero-order valence-electron chi connectivity index (χ0n) is 19.1. The topological polar surface area (TPSA) is 66.9 Å². The number of hydrogen-bond donors (Lipinski definition) is 0. The molecule has 31 heavy (non-hydrogen) atoms. The van der Waals surface area contributed by atoms with Crippen LogP contribution in [0.4, 0.5) is 0 Å². The van der Waals surface area contributed by atoms with Crippen LogP contribution in [-0.2, 0) is 21.2 Å². The third-order valence-corrected chi connectivity index (χ3v) is 8.33. The van der Waals surface area contributed by atoms with E-state index in [-0.39, 0.29) is 25.6 Å². The maximum Gasteiger partial charge on any atom is 0.260 e. The van der Waals surface area contributed by atoms with Gasteiger partial charge in [0.1, 0.15) is 5.75 Å². The summed E-state index contributed by atoms with van der Waals surface area (Å²) in [5.41, 5.74) is 4.69. The molecule has 1 aliphatic rings. The number of carbonyl (C=O) groups excluding carboxylic acids is 1. The number of ether oxygens (including phenoxy) is 1. The van der Waals surface area contributed by atoms with Gasteiger partial charge < -0.3 is 9.64 Å². The monoisotopic (exact) mass is 444 g/mol. The number of amides is 1. The fourth-order valence-corrected chi connectivity index (χ4v) is 5.96. The molecule has 0 unspecified atom stereocenters. The molecule has 0 spiro atoms. The SMILES string of the molecule is CCc1cccc(OCC(=O)N2CCN(S(=O)(=O)c3c(C)c(C)cc(C)c3C)CC2)c1. The molecule has 2 aromatic rings. The quantitative estimate of drug-likeness (QED) is 0.685. The van der Waals surface area contributed by atoms with Gasteiger partial charge in [0.05, 0.1) is 4.90 Å². The Bertz CT molecular complexity index is 1040. The van der Waals surface area contributed by atoms with Crippen LogP contribution in [0.2, 0.25) is 0 Å². The highest BCUT2D eigenvalue weighted by atomic mass is 32.2. The van der Waals surface area contributed by atoms with Gasteiger partial charge in [-0.05, 0) is 74.1 Å². The van der Waals surface area contributed by atoms with Gasteiger partial charge >= 0.3 is 0 Å². The van der Waals surface area contributed by atoms with Gasteiger partial charge in [0.2, 0.25) is 10.0 Å². The largest absolute Gasteiger partial charge is 0.484 e. The van der Waals surface area contributed by atoms with Gasteiger partial charge in [-0.15, -0.1) is 0 Å². The van der Waals surface area contributed by atoms with E-state index in [1.54, 1.807) is 4.90 Å². The Kier molecular flexibility index (Phi) is 7.06. The number of rotatable bonds is 6. The second kappa shape index (κ2) is 9.40. The minimum atomic E-state index is -3.62. The molecule has 0 aromatic heterocycles. The Morgan fingerprint density at radius 1 is 0.968 bits per heavy atom. The first-order chi connectivity index (χ1) is 14.6. The van der Waals surface area contributed by atoms with Gasteiger partial charge in [0, 0.05) is 26.2 Å². The lowest BCUT2D eigenvalue weighted by Gasteiger charge is -2.34. The van der Waals surface area contributed by atoms with Crippen molar-refractivity contribution in [2.75, 3.05) is 32.8 Å². The normalized spacial score (nSPS) is 15.2. The van der Waals surface area contributed by atoms with E-state index in [1.165, 1.54) is 4.31 Å². The van der Waals surface area contributed by atoms with E-state index in [0.717, 1.165) is 34.2 Å². The Balaban J connectivity index is 1.64. The van der Waals surface area contributed by atoms with Crippen molar-refractivity contribution in [3.8, 4) is 5.75 Å². The highest BCUT2D eigenvalue weighted by Crippen LogP contribution is 2.29. The van der Waals surface area contributed by atoms with E-state index in [2.05, 4.69) is 6.92 Å². The molecule has 0 N–H and O–H groups in total. The summed E-state index contributed by atoms with van der Waals surface area (Å²) in [6.07, 6.45) is 0.904. The van der Waals surface area contributed by atoms with E-state index in [1.807, 2.05) is 58.0 Å². The average molecular weight is 445 g/mol. The Labute approximate surface area is 185 Å². The average Bonchev–Trinajstić information content (AvgIpc) is 2.76. The van der Waals surface area contributed by atoms with Crippen molar-refractivity contribution in [1.29, 1.82) is 0 Å². The van der Waals surface area contributed by atoms with Crippen LogP contribution in [-0.4, -0.2) is 56.3 Å². The molecule has 0 bridgehead atoms. The molecule has 0 aliphatic carbocycles. The molecule has 1 aliphatic heterocycles. The summed E-state index contributed by atoms with van der Waals surface area (Å²) in [4.78, 5) is 14.7. The molecule has 168 valence electrons. The third-order valence-electron chi connectivity index (χ3n) is 6.16. The molecule has 1 fully saturated rings. The minimum absolute atomic E-state index is 0.0464. The van der Waals surface area contributed by atoms with Crippen LogP contribution in [0.15, 0.2) is 35.2 Å². The number of carbonyl (C=O) groups is 1. The third kappa shape index (κ3) is 4.93. The molecule has 6 nitrogen and oxygen atoms in total. The highest BCUT2D eigenvalue weighted by Gasteiger charge is 2.33. The van der Waals surface area contributed by atoms with Crippen LogP contribution in [0.25, 0.3) is 0 Å². The number of aryl methyl sites for hydroxylation is 3. The molecular weight excluding hydrogens is 412 g/mol. The molecule has 1 heterocycles. The van der Waals surface area contributed by atoms with Crippen molar-refractivity contribution in [1.82, 2.24) is 9.21 Å². The van der Waals surface area contributed by atoms with Crippen LogP contribution >= 0.6 is 0 Å². The predicted molar refractivity (Wildman–Crippen MR) is 122 cm³/mol. The summed E-state index contributed by atoms with van der Waals surface area (Å²) >= 11 is 0. The Hall–Kier alpha value is -2.38. The van der Waals surface area contributed by atoms with Gasteiger partial charge in [0.15, 0.2) is 6.61 Å². The minimum Gasteiger partial charge on any atom is -0.484 e. The number of piperazine rings is 1. The van der Waals surface area contributed by atoms with Crippen LogP contribution in [0.5, 0.6) is 5.75 Å². The summed E-state index contributed by atoms with van der Waals surface area (Å²) < 4.78 is 33.9. The van der Waals surface area contributed by atoms with Crippen LogP contribution < -0.4 is 4.74 Å². The zero-order chi connectivity index (χ0) is 22.8. The molecule has 2 aromatic carbocycles. The summed E-state index contributed by atoms with van der Waals surface area (Å²) in [5.74, 6) is 0.549. The van der Waals surface area contributed by atoms with E-state index in [9.17, 15) is 13.2 Å². The summed E-state index contributed by atoms with van der Waals surface area (Å²) in [5, 5.41) is 0. The molecule has 0 radical (unpaired) electrons. The van der Waals surface area contributed by atoms with Gasteiger partial charge in [-0.2, -0.15) is 4.31 Å². The molecule has 1 saturated heterocycles. The second-order valence-electron chi connectivity index (χ2n) is 8.16. The van der Waals surface area contributed by atoms with E-state index >= 15 is 0 Å². The number of nitrogens with zero attached hydrogens (tertiary/aromatic N) is 2. The van der Waals surface area contributed by atoms with E-state index < -0.39 is 10.0 Å². The van der Waals surface area contributed by atoms with Crippen LogP contribution in [0.3, 0.4) is 0 Å². The fraction of sp³-hybridized carbons (Fsp3) is 0.458. The molecule has 1 amide bonds. The van der Waals surface area contributed by atoms with Crippen molar-refractivity contribution in [3.05, 3.63) is 58.1 Å². The maximum absolute atomic E-state index is 13.4. The van der Waals surface area contributed by atoms with Crippen LogP contribution in [0, 0.1) is 27.7 Å². The van der Waals surface area contributed by atoms with Crippen molar-refractivity contribution >= 4 is 15.9 Å². The molecule has 0 atom stereocenters.